The van der Waals surface area contributed by atoms with Crippen molar-refractivity contribution < 1.29 is 18.8 Å². The smallest absolute Gasteiger partial charge is 0.232 e. The lowest BCUT2D eigenvalue weighted by atomic mass is 10.1. The minimum Gasteiger partial charge on any atom is -0.491 e. The predicted molar refractivity (Wildman–Crippen MR) is 139 cm³/mol. The topological polar surface area (TPSA) is 75.1 Å². The second kappa shape index (κ2) is 11.9. The third kappa shape index (κ3) is 6.17. The first-order chi connectivity index (χ1) is 17.8. The van der Waals surface area contributed by atoms with E-state index < -0.39 is 6.10 Å². The quantitative estimate of drug-likeness (QED) is 0.305. The van der Waals surface area contributed by atoms with Gasteiger partial charge in [0.15, 0.2) is 0 Å². The van der Waals surface area contributed by atoms with Crippen molar-refractivity contribution in [1.29, 1.82) is 0 Å². The first-order valence-electron chi connectivity index (χ1n) is 12.7. The monoisotopic (exact) mass is 487 g/mol. The highest BCUT2D eigenvalue weighted by atomic mass is 16.5. The molecule has 0 spiro atoms. The Hall–Kier alpha value is -3.55. The van der Waals surface area contributed by atoms with E-state index in [1.807, 2.05) is 60.7 Å². The third-order valence-electron chi connectivity index (χ3n) is 6.45. The lowest BCUT2D eigenvalue weighted by Crippen LogP contribution is -2.36. The normalized spacial score (nSPS) is 14.8. The van der Waals surface area contributed by atoms with Gasteiger partial charge in [0.2, 0.25) is 5.88 Å². The molecule has 0 aliphatic carbocycles. The zero-order valence-electron chi connectivity index (χ0n) is 20.5. The van der Waals surface area contributed by atoms with Crippen LogP contribution in [0.1, 0.15) is 30.6 Å². The van der Waals surface area contributed by atoms with Crippen LogP contribution in [0, 0.1) is 0 Å². The standard InChI is InChI=1S/C29H33N3O4/c33-24(22-35-25-13-6-2-7-14-25)19-31(20-26-15-10-18-34-26)21-27-28(23-11-4-1-5-12-23)30-36-29(27)32-16-8-3-9-17-32/h1-2,4-7,10-15,18,24,33H,3,8-9,16-17,19-22H2. The Morgan fingerprint density at radius 3 is 2.39 bits per heavy atom. The second-order valence-corrected chi connectivity index (χ2v) is 9.26. The van der Waals surface area contributed by atoms with Gasteiger partial charge in [0.1, 0.15) is 29.9 Å². The number of para-hydroxylation sites is 1. The summed E-state index contributed by atoms with van der Waals surface area (Å²) in [6, 6.07) is 23.5. The molecule has 36 heavy (non-hydrogen) atoms. The summed E-state index contributed by atoms with van der Waals surface area (Å²) in [7, 11) is 0. The van der Waals surface area contributed by atoms with E-state index in [2.05, 4.69) is 27.1 Å². The van der Waals surface area contributed by atoms with Crippen LogP contribution in [-0.2, 0) is 13.1 Å². The molecule has 2 aromatic carbocycles. The number of nitrogens with zero attached hydrogens (tertiary/aromatic N) is 3. The molecule has 0 bridgehead atoms. The molecule has 188 valence electrons. The molecule has 4 aromatic rings. The number of furan rings is 1. The van der Waals surface area contributed by atoms with E-state index in [4.69, 9.17) is 13.7 Å². The van der Waals surface area contributed by atoms with Gasteiger partial charge in [-0.15, -0.1) is 0 Å². The zero-order valence-corrected chi connectivity index (χ0v) is 20.5. The van der Waals surface area contributed by atoms with Gasteiger partial charge in [-0.3, -0.25) is 4.90 Å². The van der Waals surface area contributed by atoms with E-state index in [1.165, 1.54) is 6.42 Å². The summed E-state index contributed by atoms with van der Waals surface area (Å²) < 4.78 is 17.4. The van der Waals surface area contributed by atoms with Gasteiger partial charge in [0.25, 0.3) is 0 Å². The summed E-state index contributed by atoms with van der Waals surface area (Å²) in [5.74, 6) is 2.41. The van der Waals surface area contributed by atoms with Crippen molar-refractivity contribution in [2.75, 3.05) is 31.1 Å². The van der Waals surface area contributed by atoms with Gasteiger partial charge in [-0.2, -0.15) is 0 Å². The van der Waals surface area contributed by atoms with Crippen molar-refractivity contribution in [3.63, 3.8) is 0 Å². The van der Waals surface area contributed by atoms with Gasteiger partial charge in [0, 0.05) is 31.7 Å². The Labute approximate surface area is 211 Å². The molecule has 0 radical (unpaired) electrons. The number of hydrogen-bond donors (Lipinski definition) is 1. The number of aliphatic hydroxyl groups excluding tert-OH is 1. The van der Waals surface area contributed by atoms with Crippen molar-refractivity contribution in [3.05, 3.63) is 90.4 Å². The van der Waals surface area contributed by atoms with Gasteiger partial charge in [-0.25, -0.2) is 0 Å². The van der Waals surface area contributed by atoms with Crippen LogP contribution in [0.5, 0.6) is 5.75 Å². The minimum absolute atomic E-state index is 0.201. The van der Waals surface area contributed by atoms with E-state index in [0.29, 0.717) is 19.6 Å². The molecule has 1 saturated heterocycles. The molecule has 0 amide bonds. The zero-order chi connectivity index (χ0) is 24.6. The van der Waals surface area contributed by atoms with Gasteiger partial charge in [0.05, 0.1) is 18.4 Å². The number of hydrogen-bond acceptors (Lipinski definition) is 7. The third-order valence-corrected chi connectivity index (χ3v) is 6.45. The average Bonchev–Trinajstić information content (AvgIpc) is 3.59. The SMILES string of the molecule is OC(COc1ccccc1)CN(Cc1ccco1)Cc1c(-c2ccccc2)noc1N1CCCCC1. The number of aromatic nitrogens is 1. The van der Waals surface area contributed by atoms with Crippen molar-refractivity contribution in [3.8, 4) is 17.0 Å². The van der Waals surface area contributed by atoms with E-state index in [0.717, 1.165) is 60.1 Å². The molecule has 1 aliphatic heterocycles. The Bertz CT molecular complexity index is 1170. The van der Waals surface area contributed by atoms with Crippen LogP contribution in [-0.4, -0.2) is 47.5 Å². The predicted octanol–water partition coefficient (Wildman–Crippen LogP) is 5.37. The van der Waals surface area contributed by atoms with E-state index >= 15 is 0 Å². The summed E-state index contributed by atoms with van der Waals surface area (Å²) >= 11 is 0. The molecule has 1 unspecified atom stereocenters. The maximum Gasteiger partial charge on any atom is 0.232 e. The molecule has 1 N–H and O–H groups in total. The van der Waals surface area contributed by atoms with Gasteiger partial charge in [-0.1, -0.05) is 53.7 Å². The lowest BCUT2D eigenvalue weighted by Gasteiger charge is -2.29. The largest absolute Gasteiger partial charge is 0.491 e. The Balaban J connectivity index is 1.39. The van der Waals surface area contributed by atoms with Gasteiger partial charge in [-0.05, 0) is 43.5 Å². The first-order valence-corrected chi connectivity index (χ1v) is 12.7. The average molecular weight is 488 g/mol. The van der Waals surface area contributed by atoms with Crippen molar-refractivity contribution in [1.82, 2.24) is 10.1 Å². The van der Waals surface area contributed by atoms with Crippen LogP contribution >= 0.6 is 0 Å². The highest BCUT2D eigenvalue weighted by Gasteiger charge is 2.26. The Morgan fingerprint density at radius 1 is 0.917 bits per heavy atom. The summed E-state index contributed by atoms with van der Waals surface area (Å²) in [5.41, 5.74) is 2.90. The van der Waals surface area contributed by atoms with E-state index in [-0.39, 0.29) is 6.61 Å². The number of anilines is 1. The van der Waals surface area contributed by atoms with Gasteiger partial charge >= 0.3 is 0 Å². The molecular weight excluding hydrogens is 454 g/mol. The highest BCUT2D eigenvalue weighted by Crippen LogP contribution is 2.34. The van der Waals surface area contributed by atoms with Crippen LogP contribution in [0.2, 0.25) is 0 Å². The van der Waals surface area contributed by atoms with Crippen LogP contribution in [0.4, 0.5) is 5.88 Å². The summed E-state index contributed by atoms with van der Waals surface area (Å²) in [6.45, 7) is 3.64. The number of benzene rings is 2. The first kappa shape index (κ1) is 24.2. The van der Waals surface area contributed by atoms with Crippen molar-refractivity contribution >= 4 is 5.88 Å². The maximum atomic E-state index is 10.9. The number of ether oxygens (including phenoxy) is 1. The maximum absolute atomic E-state index is 10.9. The molecule has 0 saturated carbocycles. The van der Waals surface area contributed by atoms with Crippen LogP contribution < -0.4 is 9.64 Å². The van der Waals surface area contributed by atoms with Crippen molar-refractivity contribution in [2.24, 2.45) is 0 Å². The number of rotatable bonds is 11. The molecule has 1 atom stereocenters. The van der Waals surface area contributed by atoms with Crippen molar-refractivity contribution in [2.45, 2.75) is 38.5 Å². The van der Waals surface area contributed by atoms with E-state index in [1.54, 1.807) is 6.26 Å². The molecule has 5 rings (SSSR count). The molecule has 7 heteroatoms. The number of aliphatic hydroxyl groups is 1. The second-order valence-electron chi connectivity index (χ2n) is 9.26. The molecule has 2 aromatic heterocycles. The Morgan fingerprint density at radius 2 is 1.67 bits per heavy atom. The highest BCUT2D eigenvalue weighted by molar-refractivity contribution is 5.68. The lowest BCUT2D eigenvalue weighted by molar-refractivity contribution is 0.0605. The fraction of sp³-hybridized carbons (Fsp3) is 0.345. The summed E-state index contributed by atoms with van der Waals surface area (Å²) in [6.07, 6.45) is 4.53. The molecule has 1 fully saturated rings. The Kier molecular flexibility index (Phi) is 8.00. The molecule has 7 nitrogen and oxygen atoms in total. The fourth-order valence-corrected chi connectivity index (χ4v) is 4.70. The summed E-state index contributed by atoms with van der Waals surface area (Å²) in [4.78, 5) is 4.47. The van der Waals surface area contributed by atoms with Crippen LogP contribution in [0.25, 0.3) is 11.3 Å². The van der Waals surface area contributed by atoms with Crippen LogP contribution in [0.15, 0.2) is 88.0 Å². The van der Waals surface area contributed by atoms with E-state index in [9.17, 15) is 5.11 Å². The molecule has 3 heterocycles. The summed E-state index contributed by atoms with van der Waals surface area (Å²) in [5, 5.41) is 15.4. The van der Waals surface area contributed by atoms with Crippen LogP contribution in [0.3, 0.4) is 0 Å². The molecular formula is C29H33N3O4. The fourth-order valence-electron chi connectivity index (χ4n) is 4.70. The minimum atomic E-state index is -0.682. The number of piperidine rings is 1. The molecule has 1 aliphatic rings. The van der Waals surface area contributed by atoms with Gasteiger partial charge < -0.3 is 23.7 Å².